The van der Waals surface area contributed by atoms with Crippen molar-refractivity contribution in [3.8, 4) is 0 Å². The van der Waals surface area contributed by atoms with Gasteiger partial charge in [-0.25, -0.2) is 4.39 Å². The summed E-state index contributed by atoms with van der Waals surface area (Å²) in [6.45, 7) is 1.76. The number of benzene rings is 1. The van der Waals surface area contributed by atoms with Crippen molar-refractivity contribution in [2.75, 3.05) is 0 Å². The van der Waals surface area contributed by atoms with Gasteiger partial charge in [-0.2, -0.15) is 5.10 Å². The number of nitrogens with zero attached hydrogens (tertiary/aromatic N) is 1. The number of aryl methyl sites for hydroxylation is 1. The Morgan fingerprint density at radius 2 is 1.96 bits per heavy atom. The Hall–Kier alpha value is -3.07. The van der Waals surface area contributed by atoms with Crippen LogP contribution < -0.4 is 16.2 Å². The molecule has 0 atom stereocenters. The molecule has 7 nitrogen and oxygen atoms in total. The van der Waals surface area contributed by atoms with Crippen molar-refractivity contribution in [2.24, 2.45) is 0 Å². The quantitative estimate of drug-likeness (QED) is 0.380. The minimum atomic E-state index is -0.502. The first-order valence-electron chi connectivity index (χ1n) is 6.81. The Morgan fingerprint density at radius 3 is 2.58 bits per heavy atom. The highest BCUT2D eigenvalue weighted by Gasteiger charge is 2.09. The molecule has 1 aromatic heterocycles. The van der Waals surface area contributed by atoms with Crippen LogP contribution in [0.1, 0.15) is 21.7 Å². The molecule has 9 heteroatoms. The van der Waals surface area contributed by atoms with Crippen LogP contribution >= 0.6 is 12.2 Å². The maximum atomic E-state index is 12.8. The number of carbonyl (C=O) groups excluding carboxylic acids is 2. The molecule has 1 heterocycles. The molecule has 2 rings (SSSR count). The minimum Gasteiger partial charge on any atom is -0.298 e. The topological polar surface area (TPSA) is 98.9 Å². The van der Waals surface area contributed by atoms with E-state index in [9.17, 15) is 14.0 Å². The molecule has 124 valence electrons. The van der Waals surface area contributed by atoms with E-state index in [1.54, 1.807) is 13.0 Å². The van der Waals surface area contributed by atoms with E-state index in [0.717, 1.165) is 5.69 Å². The summed E-state index contributed by atoms with van der Waals surface area (Å²) in [6.07, 6.45) is 2.74. The van der Waals surface area contributed by atoms with Gasteiger partial charge >= 0.3 is 0 Å². The summed E-state index contributed by atoms with van der Waals surface area (Å²) >= 11 is 4.88. The molecule has 2 aromatic rings. The van der Waals surface area contributed by atoms with Crippen molar-refractivity contribution < 1.29 is 14.0 Å². The highest BCUT2D eigenvalue weighted by Crippen LogP contribution is 2.04. The lowest BCUT2D eigenvalue weighted by molar-refractivity contribution is -0.115. The lowest BCUT2D eigenvalue weighted by atomic mass is 10.2. The van der Waals surface area contributed by atoms with Crippen LogP contribution in [0.3, 0.4) is 0 Å². The number of amides is 2. The fourth-order valence-corrected chi connectivity index (χ4v) is 1.79. The molecule has 0 saturated heterocycles. The molecule has 2 amide bonds. The molecule has 0 bridgehead atoms. The molecule has 0 aliphatic heterocycles. The molecule has 0 spiro atoms. The van der Waals surface area contributed by atoms with Gasteiger partial charge in [-0.05, 0) is 49.0 Å². The molecule has 0 aliphatic carbocycles. The molecule has 0 fully saturated rings. The molecule has 0 radical (unpaired) electrons. The summed E-state index contributed by atoms with van der Waals surface area (Å²) in [5, 5.41) is 8.68. The van der Waals surface area contributed by atoms with Crippen LogP contribution in [0.25, 0.3) is 6.08 Å². The average molecular weight is 347 g/mol. The number of nitrogens with one attached hydrogen (secondary N) is 4. The molecule has 0 saturated carbocycles. The first-order chi connectivity index (χ1) is 11.4. The first-order valence-corrected chi connectivity index (χ1v) is 7.22. The predicted molar refractivity (Wildman–Crippen MR) is 90.1 cm³/mol. The predicted octanol–water partition coefficient (Wildman–Crippen LogP) is 1.21. The number of halogens is 1. The Labute approximate surface area is 142 Å². The molecule has 4 N–H and O–H groups in total. The van der Waals surface area contributed by atoms with E-state index < -0.39 is 11.8 Å². The van der Waals surface area contributed by atoms with Gasteiger partial charge < -0.3 is 0 Å². The zero-order valence-electron chi connectivity index (χ0n) is 12.6. The number of rotatable bonds is 3. The molecule has 1 aromatic carbocycles. The van der Waals surface area contributed by atoms with Gasteiger partial charge in [0.25, 0.3) is 5.91 Å². The van der Waals surface area contributed by atoms with E-state index in [2.05, 4.69) is 26.4 Å². The van der Waals surface area contributed by atoms with Crippen LogP contribution in [0.15, 0.2) is 36.4 Å². The van der Waals surface area contributed by atoms with E-state index in [-0.39, 0.29) is 16.6 Å². The van der Waals surface area contributed by atoms with Crippen molar-refractivity contribution >= 4 is 35.2 Å². The number of thiocarbonyl (C=S) groups is 1. The summed E-state index contributed by atoms with van der Waals surface area (Å²) in [6, 6.07) is 7.19. The maximum absolute atomic E-state index is 12.8. The fraction of sp³-hybridized carbons (Fsp3) is 0.0667. The zero-order chi connectivity index (χ0) is 17.5. The number of H-pyrrole nitrogens is 1. The van der Waals surface area contributed by atoms with E-state index in [1.807, 2.05) is 0 Å². The van der Waals surface area contributed by atoms with Crippen molar-refractivity contribution in [3.05, 3.63) is 59.2 Å². The highest BCUT2D eigenvalue weighted by molar-refractivity contribution is 7.80. The maximum Gasteiger partial charge on any atom is 0.290 e. The van der Waals surface area contributed by atoms with Gasteiger partial charge in [0.15, 0.2) is 10.8 Å². The SMILES string of the molecule is Cc1cc(C(=O)NNC(=S)NC(=O)C=Cc2ccc(F)cc2)n[nH]1. The Balaban J connectivity index is 1.78. The number of carbonyl (C=O) groups is 2. The second-order valence-corrected chi connectivity index (χ2v) is 5.13. The van der Waals surface area contributed by atoms with Gasteiger partial charge in [0, 0.05) is 11.8 Å². The van der Waals surface area contributed by atoms with E-state index in [1.165, 1.54) is 36.4 Å². The van der Waals surface area contributed by atoms with Gasteiger partial charge in [0.05, 0.1) is 0 Å². The van der Waals surface area contributed by atoms with Crippen LogP contribution in [0.4, 0.5) is 4.39 Å². The second-order valence-electron chi connectivity index (χ2n) is 4.72. The number of hydrogen-bond donors (Lipinski definition) is 4. The van der Waals surface area contributed by atoms with Gasteiger partial charge in [-0.3, -0.25) is 30.9 Å². The summed E-state index contributed by atoms with van der Waals surface area (Å²) in [4.78, 5) is 23.4. The number of hydrazine groups is 1. The summed E-state index contributed by atoms with van der Waals surface area (Å²) in [5.41, 5.74) is 6.28. The second kappa shape index (κ2) is 7.97. The number of hydrogen-bond acceptors (Lipinski definition) is 4. The Kier molecular flexibility index (Phi) is 5.74. The first kappa shape index (κ1) is 17.3. The summed E-state index contributed by atoms with van der Waals surface area (Å²) in [5.74, 6) is -1.36. The lowest BCUT2D eigenvalue weighted by Crippen LogP contribution is -2.48. The van der Waals surface area contributed by atoms with Crippen molar-refractivity contribution in [1.29, 1.82) is 0 Å². The van der Waals surface area contributed by atoms with Gasteiger partial charge in [-0.1, -0.05) is 12.1 Å². The van der Waals surface area contributed by atoms with Crippen LogP contribution in [-0.2, 0) is 4.79 Å². The standard InChI is InChI=1S/C15H14FN5O2S/c1-9-8-12(19-18-9)14(23)20-21-15(24)17-13(22)7-4-10-2-5-11(16)6-3-10/h2-8H,1H3,(H,18,19)(H,20,23)(H2,17,21,22,24). The zero-order valence-corrected chi connectivity index (χ0v) is 13.4. The van der Waals surface area contributed by atoms with Crippen molar-refractivity contribution in [1.82, 2.24) is 26.4 Å². The van der Waals surface area contributed by atoms with Crippen LogP contribution in [0, 0.1) is 12.7 Å². The molecule has 24 heavy (non-hydrogen) atoms. The fourth-order valence-electron chi connectivity index (χ4n) is 1.64. The molecule has 0 unspecified atom stereocenters. The average Bonchev–Trinajstić information content (AvgIpc) is 2.98. The van der Waals surface area contributed by atoms with Crippen molar-refractivity contribution in [2.45, 2.75) is 6.92 Å². The minimum absolute atomic E-state index is 0.0793. The van der Waals surface area contributed by atoms with Gasteiger partial charge in [-0.15, -0.1) is 0 Å². The largest absolute Gasteiger partial charge is 0.298 e. The van der Waals surface area contributed by atoms with Crippen LogP contribution in [-0.4, -0.2) is 27.1 Å². The third kappa shape index (κ3) is 5.29. The highest BCUT2D eigenvalue weighted by atomic mass is 32.1. The smallest absolute Gasteiger partial charge is 0.290 e. The summed E-state index contributed by atoms with van der Waals surface area (Å²) in [7, 11) is 0. The van der Waals surface area contributed by atoms with Crippen LogP contribution in [0.5, 0.6) is 0 Å². The van der Waals surface area contributed by atoms with Gasteiger partial charge in [0.1, 0.15) is 5.82 Å². The monoisotopic (exact) mass is 347 g/mol. The number of aromatic nitrogens is 2. The van der Waals surface area contributed by atoms with Crippen molar-refractivity contribution in [3.63, 3.8) is 0 Å². The molecule has 0 aliphatic rings. The Morgan fingerprint density at radius 1 is 1.25 bits per heavy atom. The lowest BCUT2D eigenvalue weighted by Gasteiger charge is -2.08. The van der Waals surface area contributed by atoms with Gasteiger partial charge in [0.2, 0.25) is 5.91 Å². The summed E-state index contributed by atoms with van der Waals surface area (Å²) < 4.78 is 12.8. The Bertz CT molecular complexity index is 785. The normalized spacial score (nSPS) is 10.4. The van der Waals surface area contributed by atoms with E-state index in [0.29, 0.717) is 5.56 Å². The molecular weight excluding hydrogens is 333 g/mol. The van der Waals surface area contributed by atoms with E-state index in [4.69, 9.17) is 12.2 Å². The third-order valence-corrected chi connectivity index (χ3v) is 2.97. The van der Waals surface area contributed by atoms with Crippen LogP contribution in [0.2, 0.25) is 0 Å². The van der Waals surface area contributed by atoms with E-state index >= 15 is 0 Å². The molecular formula is C15H14FN5O2S. The third-order valence-electron chi connectivity index (χ3n) is 2.76. The number of aromatic amines is 1.